The van der Waals surface area contributed by atoms with E-state index in [1.54, 1.807) is 6.07 Å². The van der Waals surface area contributed by atoms with Gasteiger partial charge in [0.15, 0.2) is 0 Å². The maximum absolute atomic E-state index is 13.2. The van der Waals surface area contributed by atoms with E-state index >= 15 is 0 Å². The van der Waals surface area contributed by atoms with Gasteiger partial charge < -0.3 is 10.1 Å². The molecule has 2 N–H and O–H groups in total. The predicted molar refractivity (Wildman–Crippen MR) is 105 cm³/mol. The highest BCUT2D eigenvalue weighted by atomic mass is 19.4. The summed E-state index contributed by atoms with van der Waals surface area (Å²) in [5, 5.41) is 10.4. The molecule has 0 amide bonds. The summed E-state index contributed by atoms with van der Waals surface area (Å²) in [7, 11) is 0. The van der Waals surface area contributed by atoms with Gasteiger partial charge in [-0.15, -0.1) is 0 Å². The van der Waals surface area contributed by atoms with E-state index in [9.17, 15) is 23.1 Å². The fourth-order valence-corrected chi connectivity index (χ4v) is 4.04. The van der Waals surface area contributed by atoms with E-state index in [1.165, 1.54) is 6.07 Å². The Morgan fingerprint density at radius 1 is 1.14 bits per heavy atom. The number of hydrogen-bond acceptors (Lipinski definition) is 3. The monoisotopic (exact) mass is 402 g/mol. The van der Waals surface area contributed by atoms with Gasteiger partial charge in [-0.25, -0.2) is 0 Å². The number of halogens is 3. The molecule has 1 atom stereocenters. The molecule has 0 aliphatic carbocycles. The highest BCUT2D eigenvalue weighted by molar-refractivity contribution is 5.87. The van der Waals surface area contributed by atoms with E-state index in [-0.39, 0.29) is 18.2 Å². The number of hydrogen-bond donors (Lipinski definition) is 2. The lowest BCUT2D eigenvalue weighted by molar-refractivity contribution is -0.137. The van der Waals surface area contributed by atoms with E-state index < -0.39 is 11.7 Å². The standard InChI is InChI=1S/C22H21F3N2O2/c23-22(24,25)18-7-14(12-28)6-16(9-18)15-3-4-21-17(8-15)10-19(26-21)11-27-5-1-2-20(27)13-29/h3-4,6-10,12,20,26,29H,1-2,5,11,13H2. The van der Waals surface area contributed by atoms with E-state index in [2.05, 4.69) is 9.88 Å². The van der Waals surface area contributed by atoms with Gasteiger partial charge in [0.1, 0.15) is 6.29 Å². The minimum Gasteiger partial charge on any atom is -0.395 e. The zero-order valence-corrected chi connectivity index (χ0v) is 15.7. The zero-order chi connectivity index (χ0) is 20.6. The van der Waals surface area contributed by atoms with Gasteiger partial charge in [-0.1, -0.05) is 6.07 Å². The number of H-pyrrole nitrogens is 1. The smallest absolute Gasteiger partial charge is 0.395 e. The first-order chi connectivity index (χ1) is 13.9. The number of carbonyl (C=O) groups is 1. The maximum atomic E-state index is 13.2. The quantitative estimate of drug-likeness (QED) is 0.612. The van der Waals surface area contributed by atoms with Crippen molar-refractivity contribution in [3.63, 3.8) is 0 Å². The Balaban J connectivity index is 1.67. The lowest BCUT2D eigenvalue weighted by atomic mass is 9.99. The van der Waals surface area contributed by atoms with Crippen LogP contribution in [0.5, 0.6) is 0 Å². The second kappa shape index (κ2) is 7.65. The van der Waals surface area contributed by atoms with Gasteiger partial charge in [0.05, 0.1) is 12.2 Å². The minimum absolute atomic E-state index is 0.00578. The van der Waals surface area contributed by atoms with Crippen LogP contribution in [0.1, 0.15) is 34.5 Å². The number of aliphatic hydroxyl groups is 1. The summed E-state index contributed by atoms with van der Waals surface area (Å²) in [6.45, 7) is 1.76. The number of fused-ring (bicyclic) bond motifs is 1. The molecule has 0 saturated carbocycles. The first-order valence-corrected chi connectivity index (χ1v) is 9.52. The highest BCUT2D eigenvalue weighted by Crippen LogP contribution is 2.34. The van der Waals surface area contributed by atoms with E-state index in [4.69, 9.17) is 0 Å². The molecular weight excluding hydrogens is 381 g/mol. The van der Waals surface area contributed by atoms with Crippen LogP contribution < -0.4 is 0 Å². The third-order valence-electron chi connectivity index (χ3n) is 5.51. The molecule has 7 heteroatoms. The Labute approximate surface area is 166 Å². The van der Waals surface area contributed by atoms with Gasteiger partial charge in [0, 0.05) is 34.7 Å². The summed E-state index contributed by atoms with van der Waals surface area (Å²) in [6.07, 6.45) is -2.04. The molecule has 0 radical (unpaired) electrons. The van der Waals surface area contributed by atoms with Crippen molar-refractivity contribution in [1.82, 2.24) is 9.88 Å². The van der Waals surface area contributed by atoms with Crippen LogP contribution in [0.3, 0.4) is 0 Å². The van der Waals surface area contributed by atoms with Gasteiger partial charge in [0.2, 0.25) is 0 Å². The fraction of sp³-hybridized carbons (Fsp3) is 0.318. The van der Waals surface area contributed by atoms with E-state index in [0.29, 0.717) is 24.0 Å². The Morgan fingerprint density at radius 3 is 2.69 bits per heavy atom. The average molecular weight is 402 g/mol. The van der Waals surface area contributed by atoms with Gasteiger partial charge >= 0.3 is 6.18 Å². The van der Waals surface area contributed by atoms with Crippen molar-refractivity contribution < 1.29 is 23.1 Å². The molecule has 1 saturated heterocycles. The molecule has 0 bridgehead atoms. The lowest BCUT2D eigenvalue weighted by Gasteiger charge is -2.21. The molecule has 1 unspecified atom stereocenters. The number of likely N-dealkylation sites (tertiary alicyclic amines) is 1. The molecule has 4 rings (SSSR count). The van der Waals surface area contributed by atoms with Crippen LogP contribution in [0.2, 0.25) is 0 Å². The van der Waals surface area contributed by atoms with Gasteiger partial charge in [-0.05, 0) is 66.9 Å². The number of rotatable bonds is 5. The van der Waals surface area contributed by atoms with E-state index in [1.807, 2.05) is 18.2 Å². The molecule has 2 heterocycles. The number of aromatic nitrogens is 1. The van der Waals surface area contributed by atoms with Crippen LogP contribution in [-0.4, -0.2) is 40.5 Å². The molecule has 2 aromatic carbocycles. The van der Waals surface area contributed by atoms with Crippen LogP contribution in [0.15, 0.2) is 42.5 Å². The van der Waals surface area contributed by atoms with Gasteiger partial charge in [-0.3, -0.25) is 9.69 Å². The number of nitrogens with one attached hydrogen (secondary N) is 1. The Bertz CT molecular complexity index is 1040. The van der Waals surface area contributed by atoms with Crippen LogP contribution >= 0.6 is 0 Å². The normalized spacial score (nSPS) is 17.9. The first-order valence-electron chi connectivity index (χ1n) is 9.52. The Hall–Kier alpha value is -2.64. The third kappa shape index (κ3) is 4.06. The van der Waals surface area contributed by atoms with Crippen LogP contribution in [-0.2, 0) is 12.7 Å². The average Bonchev–Trinajstić information content (AvgIpc) is 3.32. The second-order valence-corrected chi connectivity index (χ2v) is 7.51. The molecule has 4 nitrogen and oxygen atoms in total. The van der Waals surface area contributed by atoms with Crippen LogP contribution in [0, 0.1) is 0 Å². The van der Waals surface area contributed by atoms with E-state index in [0.717, 1.165) is 48.1 Å². The topological polar surface area (TPSA) is 56.3 Å². The zero-order valence-electron chi connectivity index (χ0n) is 15.7. The number of aldehydes is 1. The molecule has 1 aliphatic heterocycles. The number of benzene rings is 2. The molecule has 1 fully saturated rings. The Morgan fingerprint density at radius 2 is 1.97 bits per heavy atom. The number of aromatic amines is 1. The molecule has 29 heavy (non-hydrogen) atoms. The summed E-state index contributed by atoms with van der Waals surface area (Å²) in [6, 6.07) is 11.0. The maximum Gasteiger partial charge on any atom is 0.416 e. The summed E-state index contributed by atoms with van der Waals surface area (Å²) in [5.41, 5.74) is 2.02. The predicted octanol–water partition coefficient (Wildman–Crippen LogP) is 4.62. The van der Waals surface area contributed by atoms with Gasteiger partial charge in [0.25, 0.3) is 0 Å². The second-order valence-electron chi connectivity index (χ2n) is 7.51. The number of carbonyl (C=O) groups excluding carboxylic acids is 1. The van der Waals surface area contributed by atoms with Crippen molar-refractivity contribution >= 4 is 17.2 Å². The summed E-state index contributed by atoms with van der Waals surface area (Å²) < 4.78 is 39.5. The van der Waals surface area contributed by atoms with Crippen molar-refractivity contribution in [1.29, 1.82) is 0 Å². The number of nitrogens with zero attached hydrogens (tertiary/aromatic N) is 1. The number of alkyl halides is 3. The molecule has 1 aromatic heterocycles. The molecule has 152 valence electrons. The number of aliphatic hydroxyl groups excluding tert-OH is 1. The van der Waals surface area contributed by atoms with Crippen LogP contribution in [0.4, 0.5) is 13.2 Å². The largest absolute Gasteiger partial charge is 0.416 e. The molecule has 1 aliphatic rings. The summed E-state index contributed by atoms with van der Waals surface area (Å²) in [4.78, 5) is 16.7. The molecule has 0 spiro atoms. The minimum atomic E-state index is -4.52. The van der Waals surface area contributed by atoms with Crippen molar-refractivity contribution in [2.75, 3.05) is 13.2 Å². The SMILES string of the molecule is O=Cc1cc(-c2ccc3[nH]c(CN4CCCC4CO)cc3c2)cc(C(F)(F)F)c1. The van der Waals surface area contributed by atoms with Crippen molar-refractivity contribution in [3.8, 4) is 11.1 Å². The van der Waals surface area contributed by atoms with Crippen molar-refractivity contribution in [2.45, 2.75) is 31.6 Å². The van der Waals surface area contributed by atoms with Crippen LogP contribution in [0.25, 0.3) is 22.0 Å². The fourth-order valence-electron chi connectivity index (χ4n) is 4.04. The van der Waals surface area contributed by atoms with Gasteiger partial charge in [-0.2, -0.15) is 13.2 Å². The molecular formula is C22H21F3N2O2. The Kier molecular flexibility index (Phi) is 5.19. The summed E-state index contributed by atoms with van der Waals surface area (Å²) >= 11 is 0. The van der Waals surface area contributed by atoms with Crippen molar-refractivity contribution in [3.05, 3.63) is 59.3 Å². The highest BCUT2D eigenvalue weighted by Gasteiger charge is 2.31. The molecule has 3 aromatic rings. The summed E-state index contributed by atoms with van der Waals surface area (Å²) in [5.74, 6) is 0. The third-order valence-corrected chi connectivity index (χ3v) is 5.51. The van der Waals surface area contributed by atoms with Crippen molar-refractivity contribution in [2.24, 2.45) is 0 Å². The lowest BCUT2D eigenvalue weighted by Crippen LogP contribution is -2.31. The first kappa shape index (κ1) is 19.7.